The summed E-state index contributed by atoms with van der Waals surface area (Å²) in [6.07, 6.45) is 1.00. The van der Waals surface area contributed by atoms with Crippen LogP contribution >= 0.6 is 35.0 Å². The van der Waals surface area contributed by atoms with E-state index in [9.17, 15) is 0 Å². The average molecular weight is 264 g/mol. The Bertz CT molecular complexity index is 297. The summed E-state index contributed by atoms with van der Waals surface area (Å²) in [5, 5.41) is 1.47. The minimum Gasteiger partial charge on any atom is -0.327 e. The Kier molecular flexibility index (Phi) is 5.83. The van der Waals surface area contributed by atoms with Crippen LogP contribution in [0.3, 0.4) is 0 Å². The average Bonchev–Trinajstić information content (AvgIpc) is 2.22. The number of hydrogen-bond acceptors (Lipinski definition) is 2. The molecule has 2 N–H and O–H groups in total. The van der Waals surface area contributed by atoms with Gasteiger partial charge in [0.05, 0.1) is 0 Å². The van der Waals surface area contributed by atoms with Gasteiger partial charge in [-0.05, 0) is 24.1 Å². The van der Waals surface area contributed by atoms with Gasteiger partial charge in [0.15, 0.2) is 0 Å². The molecule has 0 amide bonds. The molecule has 0 aliphatic rings. The number of halogens is 2. The van der Waals surface area contributed by atoms with Crippen molar-refractivity contribution >= 4 is 35.0 Å². The van der Waals surface area contributed by atoms with Crippen molar-refractivity contribution in [3.63, 3.8) is 0 Å². The van der Waals surface area contributed by atoms with Gasteiger partial charge in [0, 0.05) is 27.6 Å². The maximum absolute atomic E-state index is 6.05. The van der Waals surface area contributed by atoms with E-state index in [0.29, 0.717) is 0 Å². The Labute approximate surface area is 105 Å². The van der Waals surface area contributed by atoms with Crippen molar-refractivity contribution in [2.45, 2.75) is 25.1 Å². The van der Waals surface area contributed by atoms with Gasteiger partial charge in [-0.25, -0.2) is 0 Å². The Hall–Kier alpha value is 0.110. The fraction of sp³-hybridized carbons (Fsp3) is 0.455. The summed E-state index contributed by atoms with van der Waals surface area (Å²) in [5.41, 5.74) is 6.83. The highest BCUT2D eigenvalue weighted by molar-refractivity contribution is 7.98. The quantitative estimate of drug-likeness (QED) is 0.871. The lowest BCUT2D eigenvalue weighted by atomic mass is 10.2. The van der Waals surface area contributed by atoms with Crippen molar-refractivity contribution < 1.29 is 0 Å². The summed E-state index contributed by atoms with van der Waals surface area (Å²) in [6.45, 7) is 2.09. The molecule has 84 valence electrons. The SMILES string of the molecule is CCC(N)CSCc1c(Cl)cccc1Cl. The second-order valence-electron chi connectivity index (χ2n) is 3.38. The molecule has 0 saturated carbocycles. The molecule has 0 heterocycles. The zero-order valence-corrected chi connectivity index (χ0v) is 11.0. The lowest BCUT2D eigenvalue weighted by Gasteiger charge is -2.09. The van der Waals surface area contributed by atoms with Gasteiger partial charge < -0.3 is 5.73 Å². The van der Waals surface area contributed by atoms with Crippen molar-refractivity contribution in [1.82, 2.24) is 0 Å². The molecule has 0 radical (unpaired) electrons. The minimum absolute atomic E-state index is 0.260. The maximum Gasteiger partial charge on any atom is 0.0461 e. The third-order valence-corrected chi connectivity index (χ3v) is 4.03. The highest BCUT2D eigenvalue weighted by atomic mass is 35.5. The summed E-state index contributed by atoms with van der Waals surface area (Å²) < 4.78 is 0. The van der Waals surface area contributed by atoms with Gasteiger partial charge in [-0.2, -0.15) is 11.8 Å². The van der Waals surface area contributed by atoms with Crippen LogP contribution in [0.25, 0.3) is 0 Å². The lowest BCUT2D eigenvalue weighted by molar-refractivity contribution is 0.725. The first-order chi connectivity index (χ1) is 7.15. The molecule has 0 saturated heterocycles. The van der Waals surface area contributed by atoms with E-state index >= 15 is 0 Å². The number of thioether (sulfide) groups is 1. The van der Waals surface area contributed by atoms with Crippen molar-refractivity contribution in [3.8, 4) is 0 Å². The van der Waals surface area contributed by atoms with Crippen molar-refractivity contribution in [1.29, 1.82) is 0 Å². The fourth-order valence-electron chi connectivity index (χ4n) is 1.10. The summed E-state index contributed by atoms with van der Waals surface area (Å²) in [6, 6.07) is 5.85. The van der Waals surface area contributed by atoms with Gasteiger partial charge in [-0.15, -0.1) is 0 Å². The molecule has 1 aromatic rings. The van der Waals surface area contributed by atoms with E-state index in [-0.39, 0.29) is 6.04 Å². The Morgan fingerprint density at radius 2 is 1.93 bits per heavy atom. The monoisotopic (exact) mass is 263 g/mol. The molecule has 15 heavy (non-hydrogen) atoms. The molecule has 4 heteroatoms. The lowest BCUT2D eigenvalue weighted by Crippen LogP contribution is -2.21. The zero-order chi connectivity index (χ0) is 11.3. The maximum atomic E-state index is 6.05. The zero-order valence-electron chi connectivity index (χ0n) is 8.67. The smallest absolute Gasteiger partial charge is 0.0461 e. The van der Waals surface area contributed by atoms with Gasteiger partial charge in [0.1, 0.15) is 0 Å². The molecule has 0 aliphatic heterocycles. The van der Waals surface area contributed by atoms with Crippen LogP contribution in [0.15, 0.2) is 18.2 Å². The Balaban J connectivity index is 2.50. The number of rotatable bonds is 5. The molecular formula is C11H15Cl2NS. The topological polar surface area (TPSA) is 26.0 Å². The van der Waals surface area contributed by atoms with Gasteiger partial charge in [0.2, 0.25) is 0 Å². The predicted molar refractivity (Wildman–Crippen MR) is 70.9 cm³/mol. The fourth-order valence-corrected chi connectivity index (χ4v) is 2.96. The van der Waals surface area contributed by atoms with Crippen LogP contribution in [0, 0.1) is 0 Å². The molecule has 0 fully saturated rings. The largest absolute Gasteiger partial charge is 0.327 e. The van der Waals surface area contributed by atoms with E-state index in [2.05, 4.69) is 6.92 Å². The van der Waals surface area contributed by atoms with E-state index in [1.165, 1.54) is 0 Å². The standard InChI is InChI=1S/C11H15Cl2NS/c1-2-8(14)6-15-7-9-10(12)4-3-5-11(9)13/h3-5,8H,2,6-7,14H2,1H3. The molecule has 1 rings (SSSR count). The van der Waals surface area contributed by atoms with Crippen LogP contribution in [-0.4, -0.2) is 11.8 Å². The van der Waals surface area contributed by atoms with Gasteiger partial charge in [0.25, 0.3) is 0 Å². The second kappa shape index (κ2) is 6.64. The van der Waals surface area contributed by atoms with E-state index in [0.717, 1.165) is 33.5 Å². The first-order valence-corrected chi connectivity index (χ1v) is 6.82. The molecule has 1 unspecified atom stereocenters. The summed E-state index contributed by atoms with van der Waals surface area (Å²) in [5.74, 6) is 1.77. The van der Waals surface area contributed by atoms with Crippen molar-refractivity contribution in [2.75, 3.05) is 5.75 Å². The third kappa shape index (κ3) is 4.23. The Morgan fingerprint density at radius 3 is 2.47 bits per heavy atom. The van der Waals surface area contributed by atoms with E-state index in [4.69, 9.17) is 28.9 Å². The second-order valence-corrected chi connectivity index (χ2v) is 5.23. The molecule has 1 aromatic carbocycles. The van der Waals surface area contributed by atoms with Gasteiger partial charge in [-0.3, -0.25) is 0 Å². The van der Waals surface area contributed by atoms with E-state index in [1.54, 1.807) is 11.8 Å². The minimum atomic E-state index is 0.260. The van der Waals surface area contributed by atoms with E-state index in [1.807, 2.05) is 18.2 Å². The normalized spacial score (nSPS) is 12.8. The van der Waals surface area contributed by atoms with Gasteiger partial charge >= 0.3 is 0 Å². The Morgan fingerprint density at radius 1 is 1.33 bits per heavy atom. The van der Waals surface area contributed by atoms with Gasteiger partial charge in [-0.1, -0.05) is 36.2 Å². The molecule has 0 aliphatic carbocycles. The summed E-state index contributed by atoms with van der Waals surface area (Å²) in [4.78, 5) is 0. The first-order valence-electron chi connectivity index (χ1n) is 4.91. The summed E-state index contributed by atoms with van der Waals surface area (Å²) in [7, 11) is 0. The van der Waals surface area contributed by atoms with Crippen LogP contribution in [0.2, 0.25) is 10.0 Å². The molecule has 0 spiro atoms. The molecule has 1 atom stereocenters. The molecule has 0 bridgehead atoms. The highest BCUT2D eigenvalue weighted by Crippen LogP contribution is 2.28. The van der Waals surface area contributed by atoms with Crippen molar-refractivity contribution in [3.05, 3.63) is 33.8 Å². The van der Waals surface area contributed by atoms with Crippen molar-refractivity contribution in [2.24, 2.45) is 5.73 Å². The van der Waals surface area contributed by atoms with E-state index < -0.39 is 0 Å². The third-order valence-electron chi connectivity index (χ3n) is 2.16. The highest BCUT2D eigenvalue weighted by Gasteiger charge is 2.06. The number of nitrogens with two attached hydrogens (primary N) is 1. The number of hydrogen-bond donors (Lipinski definition) is 1. The van der Waals surface area contributed by atoms with Crippen LogP contribution in [-0.2, 0) is 5.75 Å². The number of benzene rings is 1. The summed E-state index contributed by atoms with van der Waals surface area (Å²) >= 11 is 13.9. The first kappa shape index (κ1) is 13.2. The van der Waals surface area contributed by atoms with Crippen LogP contribution in [0.4, 0.5) is 0 Å². The molecular weight excluding hydrogens is 249 g/mol. The predicted octanol–water partition coefficient (Wildman–Crippen LogP) is 3.96. The molecule has 1 nitrogen and oxygen atoms in total. The van der Waals surface area contributed by atoms with Crippen LogP contribution in [0.5, 0.6) is 0 Å². The van der Waals surface area contributed by atoms with Crippen LogP contribution in [0.1, 0.15) is 18.9 Å². The molecule has 0 aromatic heterocycles. The van der Waals surface area contributed by atoms with Crippen LogP contribution < -0.4 is 5.73 Å².